The molecule has 8 heteroatoms. The van der Waals surface area contributed by atoms with Gasteiger partial charge in [-0.25, -0.2) is 9.69 Å². The number of fused-ring (bicyclic) bond motifs is 1. The molecule has 7 nitrogen and oxygen atoms in total. The minimum absolute atomic E-state index is 0.110. The van der Waals surface area contributed by atoms with Crippen LogP contribution in [0, 0.1) is 10.5 Å². The average molecular weight is 617 g/mol. The summed E-state index contributed by atoms with van der Waals surface area (Å²) in [6.07, 6.45) is 1.59. The fourth-order valence-electron chi connectivity index (χ4n) is 4.08. The first kappa shape index (κ1) is 25.5. The van der Waals surface area contributed by atoms with Gasteiger partial charge in [0, 0.05) is 5.69 Å². The predicted octanol–water partition coefficient (Wildman–Crippen LogP) is 5.86. The number of hydrogen-bond acceptors (Lipinski definition) is 4. The van der Waals surface area contributed by atoms with Crippen LogP contribution in [0.15, 0.2) is 90.6 Å². The third-order valence-corrected chi connectivity index (χ3v) is 6.92. The molecule has 5 rings (SSSR count). The SMILES string of the molecule is Cc1ccc(NC(=O)CN2C(=O)N/C(=C/c3ccc(OCc4ccc5ccccc5c4)c(I)c3)C2=O)cc1. The molecule has 1 heterocycles. The Labute approximate surface area is 233 Å². The topological polar surface area (TPSA) is 87.7 Å². The van der Waals surface area contributed by atoms with Gasteiger partial charge in [-0.05, 0) is 87.8 Å². The van der Waals surface area contributed by atoms with E-state index in [0.717, 1.165) is 36.3 Å². The largest absolute Gasteiger partial charge is 0.488 e. The van der Waals surface area contributed by atoms with Gasteiger partial charge in [-0.15, -0.1) is 0 Å². The van der Waals surface area contributed by atoms with Crippen LogP contribution >= 0.6 is 22.6 Å². The zero-order valence-electron chi connectivity index (χ0n) is 20.5. The van der Waals surface area contributed by atoms with Crippen LogP contribution in [0.1, 0.15) is 16.7 Å². The maximum Gasteiger partial charge on any atom is 0.329 e. The minimum atomic E-state index is -0.634. The number of nitrogens with one attached hydrogen (secondary N) is 2. The van der Waals surface area contributed by atoms with Gasteiger partial charge in [0.25, 0.3) is 5.91 Å². The van der Waals surface area contributed by atoms with Crippen molar-refractivity contribution in [2.75, 3.05) is 11.9 Å². The van der Waals surface area contributed by atoms with E-state index in [1.807, 2.05) is 49.4 Å². The van der Waals surface area contributed by atoms with Crippen LogP contribution in [-0.2, 0) is 16.2 Å². The van der Waals surface area contributed by atoms with Crippen molar-refractivity contribution in [3.05, 3.63) is 111 Å². The first-order valence-electron chi connectivity index (χ1n) is 12.0. The molecule has 4 aromatic carbocycles. The first-order chi connectivity index (χ1) is 18.4. The molecule has 0 spiro atoms. The summed E-state index contributed by atoms with van der Waals surface area (Å²) in [5.41, 5.74) is 3.56. The summed E-state index contributed by atoms with van der Waals surface area (Å²) < 4.78 is 6.90. The van der Waals surface area contributed by atoms with Gasteiger partial charge in [-0.1, -0.05) is 60.2 Å². The molecule has 1 aliphatic rings. The molecule has 2 N–H and O–H groups in total. The molecule has 1 aliphatic heterocycles. The van der Waals surface area contributed by atoms with Crippen LogP contribution in [-0.4, -0.2) is 29.3 Å². The summed E-state index contributed by atoms with van der Waals surface area (Å²) in [6, 6.07) is 26.6. The Morgan fingerprint density at radius 3 is 2.50 bits per heavy atom. The Morgan fingerprint density at radius 2 is 1.74 bits per heavy atom. The van der Waals surface area contributed by atoms with Gasteiger partial charge in [-0.2, -0.15) is 0 Å². The molecule has 0 bridgehead atoms. The van der Waals surface area contributed by atoms with E-state index in [1.54, 1.807) is 18.2 Å². The number of urea groups is 1. The normalized spacial score (nSPS) is 14.2. The fraction of sp³-hybridized carbons (Fsp3) is 0.100. The standard InChI is InChI=1S/C30H24IN3O4/c1-19-6-11-24(12-7-19)32-28(35)17-34-29(36)26(33-30(34)37)16-20-9-13-27(25(31)15-20)38-18-21-8-10-22-4-2-3-5-23(22)14-21/h2-16H,17-18H2,1H3,(H,32,35)(H,33,37)/b26-16+. The van der Waals surface area contributed by atoms with E-state index in [4.69, 9.17) is 4.74 Å². The summed E-state index contributed by atoms with van der Waals surface area (Å²) in [4.78, 5) is 38.5. The molecule has 0 aromatic heterocycles. The Bertz CT molecular complexity index is 1580. The molecule has 0 radical (unpaired) electrons. The zero-order valence-corrected chi connectivity index (χ0v) is 22.7. The molecule has 0 unspecified atom stereocenters. The number of rotatable bonds is 7. The van der Waals surface area contributed by atoms with Crippen LogP contribution in [0.5, 0.6) is 5.75 Å². The highest BCUT2D eigenvalue weighted by Gasteiger charge is 2.34. The van der Waals surface area contributed by atoms with Crippen molar-refractivity contribution in [3.63, 3.8) is 0 Å². The number of anilines is 1. The lowest BCUT2D eigenvalue weighted by atomic mass is 10.1. The summed E-state index contributed by atoms with van der Waals surface area (Å²) in [5.74, 6) is -0.293. The number of nitrogens with zero attached hydrogens (tertiary/aromatic N) is 1. The second kappa shape index (κ2) is 11.1. The molecule has 190 valence electrons. The first-order valence-corrected chi connectivity index (χ1v) is 13.0. The van der Waals surface area contributed by atoms with Crippen LogP contribution in [0.25, 0.3) is 16.8 Å². The van der Waals surface area contributed by atoms with Gasteiger partial charge >= 0.3 is 6.03 Å². The molecule has 0 aliphatic carbocycles. The highest BCUT2D eigenvalue weighted by atomic mass is 127. The van der Waals surface area contributed by atoms with Gasteiger partial charge in [0.2, 0.25) is 5.91 Å². The highest BCUT2D eigenvalue weighted by molar-refractivity contribution is 14.1. The Balaban J connectivity index is 1.22. The number of hydrogen-bond donors (Lipinski definition) is 2. The Hall–Kier alpha value is -4.18. The van der Waals surface area contributed by atoms with Crippen molar-refractivity contribution in [1.29, 1.82) is 0 Å². The van der Waals surface area contributed by atoms with E-state index < -0.39 is 17.8 Å². The predicted molar refractivity (Wildman–Crippen MR) is 155 cm³/mol. The van der Waals surface area contributed by atoms with Crippen molar-refractivity contribution in [2.24, 2.45) is 0 Å². The maximum absolute atomic E-state index is 12.8. The third-order valence-electron chi connectivity index (χ3n) is 6.07. The lowest BCUT2D eigenvalue weighted by molar-refractivity contribution is -0.127. The van der Waals surface area contributed by atoms with E-state index in [1.165, 1.54) is 5.39 Å². The summed E-state index contributed by atoms with van der Waals surface area (Å²) in [6.45, 7) is 1.99. The molecule has 1 fully saturated rings. The van der Waals surface area contributed by atoms with Gasteiger partial charge in [0.05, 0.1) is 3.57 Å². The van der Waals surface area contributed by atoms with E-state index in [-0.39, 0.29) is 12.2 Å². The van der Waals surface area contributed by atoms with E-state index in [2.05, 4.69) is 63.6 Å². The molecular weight excluding hydrogens is 593 g/mol. The number of halogens is 1. The van der Waals surface area contributed by atoms with Crippen molar-refractivity contribution in [3.8, 4) is 5.75 Å². The molecule has 38 heavy (non-hydrogen) atoms. The Kier molecular flexibility index (Phi) is 7.41. The molecular formula is C30H24IN3O4. The van der Waals surface area contributed by atoms with Gasteiger partial charge in [0.15, 0.2) is 0 Å². The third kappa shape index (κ3) is 5.86. The molecule has 4 amide bonds. The van der Waals surface area contributed by atoms with Crippen LogP contribution < -0.4 is 15.4 Å². The molecule has 4 aromatic rings. The van der Waals surface area contributed by atoms with Crippen LogP contribution in [0.4, 0.5) is 10.5 Å². The van der Waals surface area contributed by atoms with Gasteiger partial charge in [-0.3, -0.25) is 9.59 Å². The summed E-state index contributed by atoms with van der Waals surface area (Å²) in [5, 5.41) is 7.60. The quantitative estimate of drug-likeness (QED) is 0.155. The maximum atomic E-state index is 12.8. The number of carbonyl (C=O) groups is 3. The van der Waals surface area contributed by atoms with Crippen molar-refractivity contribution < 1.29 is 19.1 Å². The molecule has 0 atom stereocenters. The number of imide groups is 1. The average Bonchev–Trinajstić information content (AvgIpc) is 3.16. The fourth-order valence-corrected chi connectivity index (χ4v) is 4.77. The lowest BCUT2D eigenvalue weighted by Gasteiger charge is -2.12. The van der Waals surface area contributed by atoms with E-state index in [0.29, 0.717) is 12.3 Å². The number of amides is 4. The smallest absolute Gasteiger partial charge is 0.329 e. The minimum Gasteiger partial charge on any atom is -0.488 e. The van der Waals surface area contributed by atoms with Crippen molar-refractivity contribution >= 4 is 63.0 Å². The second-order valence-corrected chi connectivity index (χ2v) is 10.1. The van der Waals surface area contributed by atoms with Crippen LogP contribution in [0.3, 0.4) is 0 Å². The number of ether oxygens (including phenoxy) is 1. The number of benzene rings is 4. The molecule has 0 saturated carbocycles. The Morgan fingerprint density at radius 1 is 0.974 bits per heavy atom. The van der Waals surface area contributed by atoms with Crippen LogP contribution in [0.2, 0.25) is 0 Å². The van der Waals surface area contributed by atoms with E-state index >= 15 is 0 Å². The zero-order chi connectivity index (χ0) is 26.6. The van der Waals surface area contributed by atoms with Gasteiger partial charge in [0.1, 0.15) is 24.6 Å². The highest BCUT2D eigenvalue weighted by Crippen LogP contribution is 2.26. The number of carbonyl (C=O) groups excluding carboxylic acids is 3. The van der Waals surface area contributed by atoms with Crippen molar-refractivity contribution in [1.82, 2.24) is 10.2 Å². The second-order valence-electron chi connectivity index (χ2n) is 8.95. The number of aryl methyl sites for hydroxylation is 1. The summed E-state index contributed by atoms with van der Waals surface area (Å²) >= 11 is 2.18. The molecule has 1 saturated heterocycles. The van der Waals surface area contributed by atoms with Gasteiger partial charge < -0.3 is 15.4 Å². The lowest BCUT2D eigenvalue weighted by Crippen LogP contribution is -2.38. The van der Waals surface area contributed by atoms with Crippen molar-refractivity contribution in [2.45, 2.75) is 13.5 Å². The monoisotopic (exact) mass is 617 g/mol. The van der Waals surface area contributed by atoms with E-state index in [9.17, 15) is 14.4 Å². The summed E-state index contributed by atoms with van der Waals surface area (Å²) in [7, 11) is 0.